The molecular weight excluding hydrogens is 250 g/mol. The fraction of sp³-hybridized carbons (Fsp3) is 0.273. The first-order chi connectivity index (χ1) is 8.83. The summed E-state index contributed by atoms with van der Waals surface area (Å²) in [6, 6.07) is 2.06. The van der Waals surface area contributed by atoms with Crippen LogP contribution in [0.2, 0.25) is 0 Å². The third-order valence-corrected chi connectivity index (χ3v) is 3.34. The van der Waals surface area contributed by atoms with Crippen molar-refractivity contribution in [1.82, 2.24) is 19.9 Å². The topological polar surface area (TPSA) is 71.0 Å². The quantitative estimate of drug-likeness (QED) is 0.887. The van der Waals surface area contributed by atoms with E-state index >= 15 is 0 Å². The number of hydrogen-bond acceptors (Lipinski definition) is 6. The van der Waals surface area contributed by atoms with E-state index < -0.39 is 0 Å². The highest BCUT2D eigenvalue weighted by Gasteiger charge is 2.31. The zero-order chi connectivity index (χ0) is 12.4. The van der Waals surface area contributed by atoms with Gasteiger partial charge in [-0.1, -0.05) is 0 Å². The van der Waals surface area contributed by atoms with Gasteiger partial charge in [0.05, 0.1) is 11.6 Å². The van der Waals surface area contributed by atoms with Gasteiger partial charge in [-0.3, -0.25) is 4.79 Å². The van der Waals surface area contributed by atoms with E-state index in [1.54, 1.807) is 22.0 Å². The average molecular weight is 261 g/mol. The number of aromatic nitrogens is 3. The number of rotatable bonds is 3. The van der Waals surface area contributed by atoms with E-state index in [1.807, 2.05) is 6.07 Å². The van der Waals surface area contributed by atoms with Crippen molar-refractivity contribution < 1.29 is 4.79 Å². The molecule has 0 saturated carbocycles. The van der Waals surface area contributed by atoms with Gasteiger partial charge in [0.2, 0.25) is 0 Å². The van der Waals surface area contributed by atoms with Crippen LogP contribution >= 0.6 is 11.3 Å². The van der Waals surface area contributed by atoms with Crippen molar-refractivity contribution in [1.29, 1.82) is 0 Å². The van der Waals surface area contributed by atoms with Crippen LogP contribution in [0.5, 0.6) is 0 Å². The Labute approximate surface area is 108 Å². The third kappa shape index (κ3) is 2.17. The molecule has 3 heterocycles. The molecule has 1 aliphatic rings. The first kappa shape index (κ1) is 11.1. The van der Waals surface area contributed by atoms with Crippen LogP contribution in [-0.4, -0.2) is 44.9 Å². The zero-order valence-corrected chi connectivity index (χ0v) is 10.3. The molecule has 0 radical (unpaired) electrons. The Morgan fingerprint density at radius 1 is 1.44 bits per heavy atom. The Morgan fingerprint density at radius 2 is 2.33 bits per heavy atom. The summed E-state index contributed by atoms with van der Waals surface area (Å²) in [5.41, 5.74) is 2.20. The predicted octanol–water partition coefficient (Wildman–Crippen LogP) is 0.870. The van der Waals surface area contributed by atoms with E-state index in [1.165, 1.54) is 17.7 Å². The van der Waals surface area contributed by atoms with Gasteiger partial charge in [0, 0.05) is 24.7 Å². The molecule has 0 aliphatic carbocycles. The number of carbonyl (C=O) groups is 1. The molecule has 1 amide bonds. The maximum atomic E-state index is 11.9. The SMILES string of the molecule is O=C(c1cscn1)N1CC(Nc2ccncn2)C1. The molecule has 0 unspecified atom stereocenters. The molecule has 6 nitrogen and oxygen atoms in total. The number of amides is 1. The van der Waals surface area contributed by atoms with Crippen LogP contribution in [0.15, 0.2) is 29.5 Å². The van der Waals surface area contributed by atoms with Gasteiger partial charge in [0.1, 0.15) is 17.8 Å². The lowest BCUT2D eigenvalue weighted by Gasteiger charge is -2.39. The third-order valence-electron chi connectivity index (χ3n) is 2.75. The summed E-state index contributed by atoms with van der Waals surface area (Å²) in [7, 11) is 0. The standard InChI is InChI=1S/C11H11N5OS/c17-11(9-5-18-7-14-9)16-3-8(4-16)15-10-1-2-12-6-13-10/h1-2,5-8H,3-4H2,(H,12,13,15). The second-order valence-electron chi connectivity index (χ2n) is 4.02. The number of hydrogen-bond donors (Lipinski definition) is 1. The molecule has 1 fully saturated rings. The zero-order valence-electron chi connectivity index (χ0n) is 9.48. The van der Waals surface area contributed by atoms with Gasteiger partial charge in [-0.05, 0) is 6.07 Å². The molecule has 0 spiro atoms. The first-order valence-corrected chi connectivity index (χ1v) is 6.47. The van der Waals surface area contributed by atoms with E-state index in [0.717, 1.165) is 5.82 Å². The van der Waals surface area contributed by atoms with Gasteiger partial charge >= 0.3 is 0 Å². The Kier molecular flexibility index (Phi) is 2.89. The fourth-order valence-corrected chi connectivity index (χ4v) is 2.33. The Morgan fingerprint density at radius 3 is 3.00 bits per heavy atom. The number of thiazole rings is 1. The smallest absolute Gasteiger partial charge is 0.273 e. The van der Waals surface area contributed by atoms with Gasteiger partial charge in [0.15, 0.2) is 0 Å². The second-order valence-corrected chi connectivity index (χ2v) is 4.74. The molecule has 2 aromatic rings. The number of nitrogens with one attached hydrogen (secondary N) is 1. The van der Waals surface area contributed by atoms with Gasteiger partial charge in [-0.15, -0.1) is 11.3 Å². The highest BCUT2D eigenvalue weighted by atomic mass is 32.1. The number of likely N-dealkylation sites (tertiary alicyclic amines) is 1. The highest BCUT2D eigenvalue weighted by molar-refractivity contribution is 7.07. The van der Waals surface area contributed by atoms with Crippen LogP contribution in [0.3, 0.4) is 0 Å². The summed E-state index contributed by atoms with van der Waals surface area (Å²) in [5.74, 6) is 0.785. The van der Waals surface area contributed by atoms with E-state index in [4.69, 9.17) is 0 Å². The molecule has 1 aliphatic heterocycles. The van der Waals surface area contributed by atoms with Crippen molar-refractivity contribution in [3.8, 4) is 0 Å². The van der Waals surface area contributed by atoms with Crippen LogP contribution in [0.4, 0.5) is 5.82 Å². The minimum absolute atomic E-state index is 0.00279. The molecule has 3 rings (SSSR count). The molecule has 2 aromatic heterocycles. The van der Waals surface area contributed by atoms with Crippen LogP contribution < -0.4 is 5.32 Å². The summed E-state index contributed by atoms with van der Waals surface area (Å²) in [5, 5.41) is 5.02. The van der Waals surface area contributed by atoms with Crippen LogP contribution in [0.25, 0.3) is 0 Å². The van der Waals surface area contributed by atoms with Crippen LogP contribution in [0, 0.1) is 0 Å². The maximum absolute atomic E-state index is 11.9. The molecule has 18 heavy (non-hydrogen) atoms. The van der Waals surface area contributed by atoms with E-state index in [0.29, 0.717) is 18.8 Å². The van der Waals surface area contributed by atoms with Crippen LogP contribution in [-0.2, 0) is 0 Å². The molecule has 0 bridgehead atoms. The average Bonchev–Trinajstić information content (AvgIpc) is 2.87. The monoisotopic (exact) mass is 261 g/mol. The summed E-state index contributed by atoms with van der Waals surface area (Å²) >= 11 is 1.43. The molecule has 0 aromatic carbocycles. The molecule has 7 heteroatoms. The van der Waals surface area contributed by atoms with Crippen molar-refractivity contribution in [2.75, 3.05) is 18.4 Å². The molecule has 1 saturated heterocycles. The largest absolute Gasteiger partial charge is 0.364 e. The van der Waals surface area contributed by atoms with Crippen LogP contribution in [0.1, 0.15) is 10.5 Å². The van der Waals surface area contributed by atoms with E-state index in [9.17, 15) is 4.79 Å². The Hall–Kier alpha value is -2.02. The molecule has 1 N–H and O–H groups in total. The van der Waals surface area contributed by atoms with Gasteiger partial charge in [0.25, 0.3) is 5.91 Å². The molecule has 92 valence electrons. The number of nitrogens with zero attached hydrogens (tertiary/aromatic N) is 4. The van der Waals surface area contributed by atoms with Crippen molar-refractivity contribution in [3.05, 3.63) is 35.2 Å². The predicted molar refractivity (Wildman–Crippen MR) is 67.5 cm³/mol. The van der Waals surface area contributed by atoms with E-state index in [-0.39, 0.29) is 11.9 Å². The van der Waals surface area contributed by atoms with Gasteiger partial charge < -0.3 is 10.2 Å². The lowest BCUT2D eigenvalue weighted by atomic mass is 10.1. The molecule has 0 atom stereocenters. The first-order valence-electron chi connectivity index (χ1n) is 5.53. The van der Waals surface area contributed by atoms with Gasteiger partial charge in [-0.25, -0.2) is 15.0 Å². The van der Waals surface area contributed by atoms with Crippen molar-refractivity contribution >= 4 is 23.1 Å². The normalized spacial score (nSPS) is 15.2. The van der Waals surface area contributed by atoms with Crippen molar-refractivity contribution in [2.45, 2.75) is 6.04 Å². The summed E-state index contributed by atoms with van der Waals surface area (Å²) in [4.78, 5) is 25.6. The Bertz CT molecular complexity index is 524. The van der Waals surface area contributed by atoms with E-state index in [2.05, 4.69) is 20.3 Å². The minimum Gasteiger partial charge on any atom is -0.364 e. The summed E-state index contributed by atoms with van der Waals surface area (Å²) in [6.45, 7) is 1.36. The van der Waals surface area contributed by atoms with Crippen molar-refractivity contribution in [3.63, 3.8) is 0 Å². The molecular formula is C11H11N5OS. The minimum atomic E-state index is -0.00279. The number of anilines is 1. The number of carbonyl (C=O) groups excluding carboxylic acids is 1. The summed E-state index contributed by atoms with van der Waals surface area (Å²) in [6.07, 6.45) is 3.19. The highest BCUT2D eigenvalue weighted by Crippen LogP contribution is 2.16. The lowest BCUT2D eigenvalue weighted by Crippen LogP contribution is -2.57. The lowest BCUT2D eigenvalue weighted by molar-refractivity contribution is 0.0619. The summed E-state index contributed by atoms with van der Waals surface area (Å²) < 4.78 is 0. The van der Waals surface area contributed by atoms with Crippen molar-refractivity contribution in [2.24, 2.45) is 0 Å². The second kappa shape index (κ2) is 4.69. The fourth-order valence-electron chi connectivity index (χ4n) is 1.80. The Balaban J connectivity index is 1.53. The maximum Gasteiger partial charge on any atom is 0.273 e. The van der Waals surface area contributed by atoms with Gasteiger partial charge in [-0.2, -0.15) is 0 Å².